The minimum atomic E-state index is -0.583. The minimum absolute atomic E-state index is 0.0511. The smallest absolute Gasteiger partial charge is 0.332 e. The van der Waals surface area contributed by atoms with Gasteiger partial charge < -0.3 is 5.32 Å². The number of nitrogens with one attached hydrogen (secondary N) is 1. The first-order chi connectivity index (χ1) is 10.5. The molecule has 6 heteroatoms. The van der Waals surface area contributed by atoms with Gasteiger partial charge in [0.2, 0.25) is 0 Å². The fourth-order valence-electron chi connectivity index (χ4n) is 2.30. The van der Waals surface area contributed by atoms with Crippen LogP contribution in [-0.2, 0) is 14.1 Å². The Labute approximate surface area is 128 Å². The van der Waals surface area contributed by atoms with Gasteiger partial charge >= 0.3 is 5.69 Å². The van der Waals surface area contributed by atoms with E-state index in [9.17, 15) is 14.9 Å². The summed E-state index contributed by atoms with van der Waals surface area (Å²) in [4.78, 5) is 24.0. The monoisotopic (exact) mass is 298 g/mol. The predicted molar refractivity (Wildman–Crippen MR) is 85.0 cm³/mol. The van der Waals surface area contributed by atoms with E-state index in [0.717, 1.165) is 10.1 Å². The molecule has 1 aromatic carbocycles. The number of nitriles is 1. The molecule has 1 atom stereocenters. The van der Waals surface area contributed by atoms with Crippen molar-refractivity contribution in [2.75, 3.05) is 11.9 Å². The van der Waals surface area contributed by atoms with Crippen molar-refractivity contribution in [3.8, 4) is 6.07 Å². The molecule has 2 rings (SSSR count). The number of anilines is 1. The fraction of sp³-hybridized carbons (Fsp3) is 0.312. The molecule has 0 bridgehead atoms. The van der Waals surface area contributed by atoms with E-state index in [1.54, 1.807) is 0 Å². The van der Waals surface area contributed by atoms with Crippen LogP contribution in [0.5, 0.6) is 0 Å². The summed E-state index contributed by atoms with van der Waals surface area (Å²) in [5.74, 6) is 0.435. The minimum Gasteiger partial charge on any atom is -0.369 e. The van der Waals surface area contributed by atoms with Gasteiger partial charge in [0, 0.05) is 20.6 Å². The normalized spacial score (nSPS) is 11.7. The molecule has 0 radical (unpaired) electrons. The highest BCUT2D eigenvalue weighted by atomic mass is 16.2. The average molecular weight is 298 g/mol. The van der Waals surface area contributed by atoms with Crippen LogP contribution in [-0.4, -0.2) is 15.7 Å². The van der Waals surface area contributed by atoms with E-state index < -0.39 is 11.2 Å². The predicted octanol–water partition coefficient (Wildman–Crippen LogP) is 1.17. The van der Waals surface area contributed by atoms with Gasteiger partial charge in [-0.25, -0.2) is 4.79 Å². The van der Waals surface area contributed by atoms with E-state index in [0.29, 0.717) is 6.54 Å². The van der Waals surface area contributed by atoms with Gasteiger partial charge in [-0.05, 0) is 11.5 Å². The van der Waals surface area contributed by atoms with E-state index in [2.05, 4.69) is 5.32 Å². The summed E-state index contributed by atoms with van der Waals surface area (Å²) < 4.78 is 2.22. The van der Waals surface area contributed by atoms with Crippen LogP contribution in [0, 0.1) is 11.3 Å². The third-order valence-corrected chi connectivity index (χ3v) is 3.72. The third kappa shape index (κ3) is 2.79. The molecule has 0 aliphatic rings. The van der Waals surface area contributed by atoms with Crippen LogP contribution in [0.25, 0.3) is 0 Å². The Kier molecular flexibility index (Phi) is 4.47. The molecule has 0 fully saturated rings. The molecule has 0 saturated heterocycles. The number of aromatic nitrogens is 2. The van der Waals surface area contributed by atoms with Crippen molar-refractivity contribution in [1.29, 1.82) is 5.26 Å². The van der Waals surface area contributed by atoms with Crippen LogP contribution in [0.1, 0.15) is 24.0 Å². The maximum atomic E-state index is 12.0. The van der Waals surface area contributed by atoms with Crippen molar-refractivity contribution in [3.05, 3.63) is 62.3 Å². The first-order valence-corrected chi connectivity index (χ1v) is 6.96. The summed E-state index contributed by atoms with van der Waals surface area (Å²) in [5, 5.41) is 12.3. The molecule has 2 aromatic rings. The molecule has 1 N–H and O–H groups in total. The molecule has 6 nitrogen and oxygen atoms in total. The SMILES string of the molecule is C[C@@H](CNc1c(C#N)c(=O)n(C)c(=O)n1C)c1ccccc1. The second-order valence-electron chi connectivity index (χ2n) is 5.23. The maximum absolute atomic E-state index is 12.0. The summed E-state index contributed by atoms with van der Waals surface area (Å²) >= 11 is 0. The van der Waals surface area contributed by atoms with Crippen LogP contribution in [0.15, 0.2) is 39.9 Å². The first-order valence-electron chi connectivity index (χ1n) is 6.96. The lowest BCUT2D eigenvalue weighted by Crippen LogP contribution is -2.40. The zero-order valence-corrected chi connectivity index (χ0v) is 12.8. The highest BCUT2D eigenvalue weighted by molar-refractivity contribution is 5.51. The van der Waals surface area contributed by atoms with Gasteiger partial charge in [0.05, 0.1) is 0 Å². The number of benzene rings is 1. The molecule has 0 aliphatic carbocycles. The van der Waals surface area contributed by atoms with Crippen LogP contribution < -0.4 is 16.6 Å². The molecule has 22 heavy (non-hydrogen) atoms. The van der Waals surface area contributed by atoms with E-state index in [4.69, 9.17) is 0 Å². The third-order valence-electron chi connectivity index (χ3n) is 3.72. The van der Waals surface area contributed by atoms with E-state index in [-0.39, 0.29) is 17.3 Å². The molecular formula is C16H18N4O2. The van der Waals surface area contributed by atoms with Crippen LogP contribution in [0.4, 0.5) is 5.82 Å². The molecule has 114 valence electrons. The number of rotatable bonds is 4. The van der Waals surface area contributed by atoms with Gasteiger partial charge in [-0.1, -0.05) is 37.3 Å². The van der Waals surface area contributed by atoms with Crippen molar-refractivity contribution >= 4 is 5.82 Å². The lowest BCUT2D eigenvalue weighted by molar-refractivity contribution is 0.680. The number of hydrogen-bond acceptors (Lipinski definition) is 4. The van der Waals surface area contributed by atoms with Crippen molar-refractivity contribution in [3.63, 3.8) is 0 Å². The Morgan fingerprint density at radius 2 is 1.82 bits per heavy atom. The summed E-state index contributed by atoms with van der Waals surface area (Å²) in [5.41, 5.74) is 0.0477. The van der Waals surface area contributed by atoms with Crippen molar-refractivity contribution in [2.45, 2.75) is 12.8 Å². The Morgan fingerprint density at radius 3 is 2.41 bits per heavy atom. The zero-order valence-electron chi connectivity index (χ0n) is 12.8. The quantitative estimate of drug-likeness (QED) is 0.919. The molecule has 0 spiro atoms. The first kappa shape index (κ1) is 15.6. The Hall–Kier alpha value is -2.81. The Morgan fingerprint density at radius 1 is 1.18 bits per heavy atom. The van der Waals surface area contributed by atoms with Gasteiger partial charge in [-0.15, -0.1) is 0 Å². The molecule has 0 saturated carbocycles. The lowest BCUT2D eigenvalue weighted by atomic mass is 10.0. The van der Waals surface area contributed by atoms with Gasteiger partial charge in [0.1, 0.15) is 11.9 Å². The Balaban J connectivity index is 2.33. The zero-order chi connectivity index (χ0) is 16.3. The second-order valence-corrected chi connectivity index (χ2v) is 5.23. The van der Waals surface area contributed by atoms with Crippen LogP contribution >= 0.6 is 0 Å². The van der Waals surface area contributed by atoms with Gasteiger partial charge in [0.25, 0.3) is 5.56 Å². The molecule has 0 amide bonds. The Bertz CT molecular complexity index is 828. The summed E-state index contributed by atoms with van der Waals surface area (Å²) in [6, 6.07) is 11.8. The van der Waals surface area contributed by atoms with Crippen LogP contribution in [0.2, 0.25) is 0 Å². The number of hydrogen-bond donors (Lipinski definition) is 1. The summed E-state index contributed by atoms with van der Waals surface area (Å²) in [7, 11) is 2.90. The van der Waals surface area contributed by atoms with Gasteiger partial charge in [-0.2, -0.15) is 5.26 Å². The fourth-order valence-corrected chi connectivity index (χ4v) is 2.30. The maximum Gasteiger partial charge on any atom is 0.332 e. The summed E-state index contributed by atoms with van der Waals surface area (Å²) in [6.07, 6.45) is 0. The van der Waals surface area contributed by atoms with E-state index in [1.165, 1.54) is 18.7 Å². The van der Waals surface area contributed by atoms with Crippen molar-refractivity contribution < 1.29 is 0 Å². The molecule has 0 unspecified atom stereocenters. The molecule has 1 aromatic heterocycles. The molecular weight excluding hydrogens is 280 g/mol. The van der Waals surface area contributed by atoms with E-state index in [1.807, 2.05) is 43.3 Å². The topological polar surface area (TPSA) is 79.8 Å². The van der Waals surface area contributed by atoms with Crippen molar-refractivity contribution in [1.82, 2.24) is 9.13 Å². The summed E-state index contributed by atoms with van der Waals surface area (Å²) in [6.45, 7) is 2.55. The van der Waals surface area contributed by atoms with Crippen molar-refractivity contribution in [2.24, 2.45) is 14.1 Å². The van der Waals surface area contributed by atoms with Gasteiger partial charge in [0.15, 0.2) is 5.56 Å². The van der Waals surface area contributed by atoms with E-state index >= 15 is 0 Å². The van der Waals surface area contributed by atoms with Gasteiger partial charge in [-0.3, -0.25) is 13.9 Å². The highest BCUT2D eigenvalue weighted by Gasteiger charge is 2.16. The number of nitrogens with zero attached hydrogens (tertiary/aromatic N) is 3. The molecule has 1 heterocycles. The molecule has 0 aliphatic heterocycles. The standard InChI is InChI=1S/C16H18N4O2/c1-11(12-7-5-4-6-8-12)10-18-14-13(9-17)15(21)20(3)16(22)19(14)2/h4-8,11,18H,10H2,1-3H3/t11-/m0/s1. The van der Waals surface area contributed by atoms with Crippen LogP contribution in [0.3, 0.4) is 0 Å². The largest absolute Gasteiger partial charge is 0.369 e. The average Bonchev–Trinajstić information content (AvgIpc) is 2.55. The highest BCUT2D eigenvalue weighted by Crippen LogP contribution is 2.16. The second kappa shape index (κ2) is 6.31. The lowest BCUT2D eigenvalue weighted by Gasteiger charge is -2.17.